The molecule has 76 valence electrons. The van der Waals surface area contributed by atoms with E-state index in [4.69, 9.17) is 19.7 Å². The van der Waals surface area contributed by atoms with E-state index in [1.165, 1.54) is 0 Å². The SMILES string of the molecule is OCCc1cc2c(cc1CO)OCO2. The van der Waals surface area contributed by atoms with Gasteiger partial charge in [-0.15, -0.1) is 0 Å². The number of rotatable bonds is 3. The Morgan fingerprint density at radius 1 is 1.07 bits per heavy atom. The van der Waals surface area contributed by atoms with Crippen LogP contribution in [0.3, 0.4) is 0 Å². The molecule has 0 spiro atoms. The number of aliphatic hydroxyl groups excluding tert-OH is 2. The minimum atomic E-state index is -0.0496. The Balaban J connectivity index is 2.38. The Hall–Kier alpha value is -1.26. The topological polar surface area (TPSA) is 58.9 Å². The fourth-order valence-electron chi connectivity index (χ4n) is 1.53. The molecule has 0 bridgehead atoms. The maximum absolute atomic E-state index is 9.10. The molecule has 2 N–H and O–H groups in total. The molecule has 0 unspecified atom stereocenters. The summed E-state index contributed by atoms with van der Waals surface area (Å²) in [5, 5.41) is 17.9. The molecule has 1 aliphatic rings. The van der Waals surface area contributed by atoms with Crippen molar-refractivity contribution in [1.82, 2.24) is 0 Å². The summed E-state index contributed by atoms with van der Waals surface area (Å²) in [7, 11) is 0. The van der Waals surface area contributed by atoms with E-state index in [2.05, 4.69) is 0 Å². The lowest BCUT2D eigenvalue weighted by Gasteiger charge is -2.07. The fraction of sp³-hybridized carbons (Fsp3) is 0.400. The molecule has 0 fully saturated rings. The summed E-state index contributed by atoms with van der Waals surface area (Å²) in [5.41, 5.74) is 1.68. The van der Waals surface area contributed by atoms with Crippen LogP contribution in [0.4, 0.5) is 0 Å². The molecule has 0 radical (unpaired) electrons. The van der Waals surface area contributed by atoms with Gasteiger partial charge in [0.2, 0.25) is 6.79 Å². The molecular weight excluding hydrogens is 184 g/mol. The minimum Gasteiger partial charge on any atom is -0.454 e. The Morgan fingerprint density at radius 2 is 1.71 bits per heavy atom. The largest absolute Gasteiger partial charge is 0.454 e. The van der Waals surface area contributed by atoms with Crippen molar-refractivity contribution in [2.75, 3.05) is 13.4 Å². The van der Waals surface area contributed by atoms with E-state index in [1.807, 2.05) is 6.07 Å². The predicted molar refractivity (Wildman–Crippen MR) is 49.3 cm³/mol. The molecule has 1 aromatic rings. The second kappa shape index (κ2) is 3.86. The molecule has 1 aromatic carbocycles. The molecule has 0 saturated heterocycles. The van der Waals surface area contributed by atoms with E-state index >= 15 is 0 Å². The van der Waals surface area contributed by atoms with Gasteiger partial charge in [0.25, 0.3) is 0 Å². The van der Waals surface area contributed by atoms with Crippen molar-refractivity contribution in [1.29, 1.82) is 0 Å². The summed E-state index contributed by atoms with van der Waals surface area (Å²) in [4.78, 5) is 0. The Kier molecular flexibility index (Phi) is 2.56. The van der Waals surface area contributed by atoms with Crippen molar-refractivity contribution in [3.05, 3.63) is 23.3 Å². The van der Waals surface area contributed by atoms with Crippen LogP contribution in [-0.4, -0.2) is 23.6 Å². The predicted octanol–water partition coefficient (Wildman–Crippen LogP) is 0.442. The van der Waals surface area contributed by atoms with Crippen molar-refractivity contribution >= 4 is 0 Å². The van der Waals surface area contributed by atoms with Gasteiger partial charge in [-0.3, -0.25) is 0 Å². The van der Waals surface area contributed by atoms with E-state index in [1.54, 1.807) is 6.07 Å². The standard InChI is InChI=1S/C10H12O4/c11-2-1-7-3-9-10(14-6-13-9)4-8(7)5-12/h3-4,11-12H,1-2,5-6H2. The maximum Gasteiger partial charge on any atom is 0.231 e. The second-order valence-electron chi connectivity index (χ2n) is 3.11. The number of benzene rings is 1. The lowest BCUT2D eigenvalue weighted by Crippen LogP contribution is -1.97. The molecule has 0 amide bonds. The first-order valence-corrected chi connectivity index (χ1v) is 4.48. The van der Waals surface area contributed by atoms with Crippen LogP contribution in [0.25, 0.3) is 0 Å². The number of fused-ring (bicyclic) bond motifs is 1. The van der Waals surface area contributed by atoms with Gasteiger partial charge in [-0.05, 0) is 29.7 Å². The Morgan fingerprint density at radius 3 is 2.29 bits per heavy atom. The third-order valence-corrected chi connectivity index (χ3v) is 2.25. The van der Waals surface area contributed by atoms with Gasteiger partial charge in [0.15, 0.2) is 11.5 Å². The molecule has 0 atom stereocenters. The Bertz CT molecular complexity index is 335. The van der Waals surface area contributed by atoms with Gasteiger partial charge in [-0.25, -0.2) is 0 Å². The van der Waals surface area contributed by atoms with Crippen LogP contribution >= 0.6 is 0 Å². The van der Waals surface area contributed by atoms with Gasteiger partial charge in [-0.2, -0.15) is 0 Å². The zero-order valence-corrected chi connectivity index (χ0v) is 7.69. The summed E-state index contributed by atoms with van der Waals surface area (Å²) in [6.45, 7) is 0.237. The average molecular weight is 196 g/mol. The number of hydrogen-bond acceptors (Lipinski definition) is 4. The third kappa shape index (κ3) is 1.54. The van der Waals surface area contributed by atoms with Crippen molar-refractivity contribution in [2.24, 2.45) is 0 Å². The normalized spacial score (nSPS) is 13.3. The molecule has 0 saturated carbocycles. The van der Waals surface area contributed by atoms with Crippen LogP contribution in [0.5, 0.6) is 11.5 Å². The maximum atomic E-state index is 9.10. The van der Waals surface area contributed by atoms with Gasteiger partial charge in [0.05, 0.1) is 6.61 Å². The number of ether oxygens (including phenoxy) is 2. The van der Waals surface area contributed by atoms with Crippen molar-refractivity contribution in [2.45, 2.75) is 13.0 Å². The lowest BCUT2D eigenvalue weighted by molar-refractivity contribution is 0.174. The van der Waals surface area contributed by atoms with Crippen molar-refractivity contribution < 1.29 is 19.7 Å². The molecule has 1 aliphatic heterocycles. The van der Waals surface area contributed by atoms with Crippen LogP contribution in [-0.2, 0) is 13.0 Å². The summed E-state index contributed by atoms with van der Waals surface area (Å²) >= 11 is 0. The Labute approximate surface area is 81.7 Å². The molecule has 0 aliphatic carbocycles. The zero-order chi connectivity index (χ0) is 9.97. The number of aliphatic hydroxyl groups is 2. The van der Waals surface area contributed by atoms with Gasteiger partial charge >= 0.3 is 0 Å². The molecule has 14 heavy (non-hydrogen) atoms. The summed E-state index contributed by atoms with van der Waals surface area (Å²) in [5.74, 6) is 1.35. The molecular formula is C10H12O4. The van der Waals surface area contributed by atoms with Crippen LogP contribution in [0.2, 0.25) is 0 Å². The quantitative estimate of drug-likeness (QED) is 0.736. The minimum absolute atomic E-state index is 0.0496. The first-order valence-electron chi connectivity index (χ1n) is 4.48. The highest BCUT2D eigenvalue weighted by atomic mass is 16.7. The fourth-order valence-corrected chi connectivity index (χ4v) is 1.53. The van der Waals surface area contributed by atoms with Crippen LogP contribution in [0.15, 0.2) is 12.1 Å². The highest BCUT2D eigenvalue weighted by Crippen LogP contribution is 2.34. The highest BCUT2D eigenvalue weighted by Gasteiger charge is 2.16. The first-order chi connectivity index (χ1) is 6.85. The molecule has 4 nitrogen and oxygen atoms in total. The van der Waals surface area contributed by atoms with E-state index < -0.39 is 0 Å². The van der Waals surface area contributed by atoms with Crippen molar-refractivity contribution in [3.63, 3.8) is 0 Å². The summed E-state index contributed by atoms with van der Waals surface area (Å²) in [6, 6.07) is 3.57. The van der Waals surface area contributed by atoms with Crippen LogP contribution in [0, 0.1) is 0 Å². The van der Waals surface area contributed by atoms with E-state index in [-0.39, 0.29) is 20.0 Å². The van der Waals surface area contributed by atoms with Crippen molar-refractivity contribution in [3.8, 4) is 11.5 Å². The van der Waals surface area contributed by atoms with Gasteiger partial charge in [-0.1, -0.05) is 0 Å². The van der Waals surface area contributed by atoms with E-state index in [9.17, 15) is 0 Å². The zero-order valence-electron chi connectivity index (χ0n) is 7.69. The second-order valence-corrected chi connectivity index (χ2v) is 3.11. The third-order valence-electron chi connectivity index (χ3n) is 2.25. The lowest BCUT2D eigenvalue weighted by atomic mass is 10.0. The molecule has 1 heterocycles. The highest BCUT2D eigenvalue weighted by molar-refractivity contribution is 5.48. The van der Waals surface area contributed by atoms with Gasteiger partial charge < -0.3 is 19.7 Å². The van der Waals surface area contributed by atoms with E-state index in [0.29, 0.717) is 17.9 Å². The van der Waals surface area contributed by atoms with Crippen LogP contribution < -0.4 is 9.47 Å². The summed E-state index contributed by atoms with van der Waals surface area (Å²) in [6.07, 6.45) is 0.520. The molecule has 4 heteroatoms. The average Bonchev–Trinajstić information content (AvgIpc) is 2.64. The molecule has 2 rings (SSSR count). The first kappa shape index (κ1) is 9.30. The van der Waals surface area contributed by atoms with Gasteiger partial charge in [0, 0.05) is 6.61 Å². The monoisotopic (exact) mass is 196 g/mol. The smallest absolute Gasteiger partial charge is 0.231 e. The molecule has 0 aromatic heterocycles. The van der Waals surface area contributed by atoms with E-state index in [0.717, 1.165) is 11.1 Å². The van der Waals surface area contributed by atoms with Gasteiger partial charge in [0.1, 0.15) is 0 Å². The summed E-state index contributed by atoms with van der Waals surface area (Å²) < 4.78 is 10.4. The van der Waals surface area contributed by atoms with Crippen LogP contribution in [0.1, 0.15) is 11.1 Å². The number of hydrogen-bond donors (Lipinski definition) is 2.